The maximum atomic E-state index is 10.7. The molecule has 0 fully saturated rings. The highest BCUT2D eigenvalue weighted by molar-refractivity contribution is 5.58. The molecule has 0 aliphatic carbocycles. The molecule has 2 aromatic carbocycles. The minimum absolute atomic E-state index is 0.0674. The largest absolute Gasteiger partial charge is 0.507 e. The van der Waals surface area contributed by atoms with E-state index in [-0.39, 0.29) is 17.4 Å². The van der Waals surface area contributed by atoms with Crippen molar-refractivity contribution in [2.75, 3.05) is 0 Å². The monoisotopic (exact) mass is 392 g/mol. The van der Waals surface area contributed by atoms with E-state index >= 15 is 0 Å². The molecule has 0 saturated heterocycles. The first kappa shape index (κ1) is 22.4. The van der Waals surface area contributed by atoms with E-state index in [9.17, 15) is 15.3 Å². The van der Waals surface area contributed by atoms with Crippen molar-refractivity contribution in [1.82, 2.24) is 0 Å². The summed E-state index contributed by atoms with van der Waals surface area (Å²) in [6.07, 6.45) is 9.74. The molecule has 3 nitrogen and oxygen atoms in total. The molecule has 1 unspecified atom stereocenters. The topological polar surface area (TPSA) is 60.7 Å². The number of allylic oxidation sites excluding steroid dienone is 5. The van der Waals surface area contributed by atoms with Crippen LogP contribution in [0.1, 0.15) is 62.8 Å². The molecule has 0 amide bonds. The second kappa shape index (κ2) is 10.0. The van der Waals surface area contributed by atoms with Gasteiger partial charge < -0.3 is 15.3 Å². The van der Waals surface area contributed by atoms with Gasteiger partial charge in [-0.25, -0.2) is 0 Å². The number of benzene rings is 2. The zero-order chi connectivity index (χ0) is 21.6. The molecule has 0 saturated carbocycles. The summed E-state index contributed by atoms with van der Waals surface area (Å²) in [6, 6.07) is 8.95. The van der Waals surface area contributed by atoms with Crippen LogP contribution in [-0.2, 0) is 12.8 Å². The molecule has 0 aliphatic heterocycles. The van der Waals surface area contributed by atoms with E-state index in [4.69, 9.17) is 0 Å². The van der Waals surface area contributed by atoms with Crippen molar-refractivity contribution in [1.29, 1.82) is 0 Å². The lowest BCUT2D eigenvalue weighted by atomic mass is 9.96. The second-order valence-electron chi connectivity index (χ2n) is 8.05. The fourth-order valence-electron chi connectivity index (χ4n) is 3.01. The van der Waals surface area contributed by atoms with Crippen molar-refractivity contribution < 1.29 is 15.3 Å². The number of aromatic hydroxyl groups is 3. The van der Waals surface area contributed by atoms with Crippen molar-refractivity contribution >= 4 is 6.08 Å². The van der Waals surface area contributed by atoms with Crippen LogP contribution in [0.4, 0.5) is 0 Å². The molecule has 29 heavy (non-hydrogen) atoms. The average Bonchev–Trinajstić information content (AvgIpc) is 2.66. The Morgan fingerprint density at radius 2 is 1.38 bits per heavy atom. The van der Waals surface area contributed by atoms with Gasteiger partial charge in [0, 0.05) is 0 Å². The van der Waals surface area contributed by atoms with Gasteiger partial charge in [-0.2, -0.15) is 0 Å². The van der Waals surface area contributed by atoms with Crippen molar-refractivity contribution in [3.8, 4) is 17.2 Å². The Balaban J connectivity index is 2.36. The maximum Gasteiger partial charge on any atom is 0.157 e. The Kier molecular flexibility index (Phi) is 7.72. The van der Waals surface area contributed by atoms with Crippen molar-refractivity contribution in [3.63, 3.8) is 0 Å². The molecule has 0 radical (unpaired) electrons. The Morgan fingerprint density at radius 1 is 0.828 bits per heavy atom. The van der Waals surface area contributed by atoms with Crippen LogP contribution in [0.15, 0.2) is 59.7 Å². The zero-order valence-electron chi connectivity index (χ0n) is 18.0. The average molecular weight is 393 g/mol. The van der Waals surface area contributed by atoms with Gasteiger partial charge in [0.2, 0.25) is 0 Å². The van der Waals surface area contributed by atoms with Crippen LogP contribution in [0.3, 0.4) is 0 Å². The molecule has 154 valence electrons. The smallest absolute Gasteiger partial charge is 0.157 e. The molecule has 0 bridgehead atoms. The number of hydrogen-bond acceptors (Lipinski definition) is 3. The number of phenols is 3. The first-order valence-corrected chi connectivity index (χ1v) is 9.99. The van der Waals surface area contributed by atoms with E-state index in [0.29, 0.717) is 18.6 Å². The molecule has 0 aliphatic rings. The van der Waals surface area contributed by atoms with E-state index in [0.717, 1.165) is 22.3 Å². The van der Waals surface area contributed by atoms with Gasteiger partial charge in [0.25, 0.3) is 0 Å². The van der Waals surface area contributed by atoms with Gasteiger partial charge in [0.1, 0.15) is 5.75 Å². The second-order valence-corrected chi connectivity index (χ2v) is 8.05. The molecular weight excluding hydrogens is 360 g/mol. The van der Waals surface area contributed by atoms with E-state index in [1.165, 1.54) is 17.2 Å². The third-order valence-electron chi connectivity index (χ3n) is 4.85. The predicted molar refractivity (Wildman–Crippen MR) is 122 cm³/mol. The number of hydrogen-bond donors (Lipinski definition) is 3. The summed E-state index contributed by atoms with van der Waals surface area (Å²) in [4.78, 5) is 0. The maximum absolute atomic E-state index is 10.7. The molecule has 0 spiro atoms. The van der Waals surface area contributed by atoms with Gasteiger partial charge in [-0.15, -0.1) is 0 Å². The van der Waals surface area contributed by atoms with E-state index in [1.807, 2.05) is 25.1 Å². The van der Waals surface area contributed by atoms with Crippen LogP contribution in [0.25, 0.3) is 6.08 Å². The molecule has 3 heteroatoms. The third kappa shape index (κ3) is 6.56. The first-order chi connectivity index (χ1) is 13.7. The minimum atomic E-state index is -0.115. The van der Waals surface area contributed by atoms with Gasteiger partial charge >= 0.3 is 0 Å². The van der Waals surface area contributed by atoms with Gasteiger partial charge in [-0.05, 0) is 93.0 Å². The summed E-state index contributed by atoms with van der Waals surface area (Å²) in [5, 5.41) is 29.9. The molecule has 1 atom stereocenters. The SMILES string of the molecule is CC(C)=CCc1cc(/C=C/C(C)c2ccc(O)c(O)c2)cc(CC=C(C)C)c1O. The number of phenolic OH excluding ortho intramolecular Hbond substituents is 3. The highest BCUT2D eigenvalue weighted by Crippen LogP contribution is 2.31. The summed E-state index contributed by atoms with van der Waals surface area (Å²) < 4.78 is 0. The van der Waals surface area contributed by atoms with Crippen LogP contribution in [0.5, 0.6) is 17.2 Å². The van der Waals surface area contributed by atoms with E-state index < -0.39 is 0 Å². The number of rotatable bonds is 7. The highest BCUT2D eigenvalue weighted by atomic mass is 16.3. The molecule has 2 rings (SSSR count). The Labute approximate surface area is 174 Å². The standard InChI is InChI=1S/C26H32O3/c1-17(2)6-10-22-14-20(15-23(26(22)29)11-7-18(3)4)9-8-19(5)21-12-13-24(27)25(28)16-21/h6-9,12-16,19,27-29H,10-11H2,1-5H3/b9-8+. The highest BCUT2D eigenvalue weighted by Gasteiger charge is 2.09. The summed E-state index contributed by atoms with van der Waals surface area (Å²) in [5.41, 5.74) is 6.23. The molecule has 2 aromatic rings. The molecule has 3 N–H and O–H groups in total. The van der Waals surface area contributed by atoms with Gasteiger partial charge in [-0.3, -0.25) is 0 Å². The van der Waals surface area contributed by atoms with Crippen LogP contribution in [0.2, 0.25) is 0 Å². The minimum Gasteiger partial charge on any atom is -0.507 e. The summed E-state index contributed by atoms with van der Waals surface area (Å²) in [7, 11) is 0. The Hall–Kier alpha value is -2.94. The van der Waals surface area contributed by atoms with Crippen molar-refractivity contribution in [2.45, 2.75) is 53.4 Å². The van der Waals surface area contributed by atoms with E-state index in [2.05, 4.69) is 45.9 Å². The first-order valence-electron chi connectivity index (χ1n) is 9.99. The van der Waals surface area contributed by atoms with E-state index in [1.54, 1.807) is 12.1 Å². The Bertz CT molecular complexity index is 899. The van der Waals surface area contributed by atoms with Crippen LogP contribution in [0, 0.1) is 0 Å². The molecular formula is C26H32O3. The lowest BCUT2D eigenvalue weighted by molar-refractivity contribution is 0.403. The zero-order valence-corrected chi connectivity index (χ0v) is 18.0. The van der Waals surface area contributed by atoms with Gasteiger partial charge in [0.15, 0.2) is 11.5 Å². The summed E-state index contributed by atoms with van der Waals surface area (Å²) in [6.45, 7) is 10.3. The summed E-state index contributed by atoms with van der Waals surface area (Å²) >= 11 is 0. The summed E-state index contributed by atoms with van der Waals surface area (Å²) in [5.74, 6) is 0.211. The normalized spacial score (nSPS) is 12.0. The van der Waals surface area contributed by atoms with Gasteiger partial charge in [-0.1, -0.05) is 48.4 Å². The quantitative estimate of drug-likeness (QED) is 0.366. The fraction of sp³-hybridized carbons (Fsp3) is 0.308. The lowest BCUT2D eigenvalue weighted by Crippen LogP contribution is -1.93. The van der Waals surface area contributed by atoms with Crippen LogP contribution >= 0.6 is 0 Å². The van der Waals surface area contributed by atoms with Crippen molar-refractivity contribution in [2.24, 2.45) is 0 Å². The third-order valence-corrected chi connectivity index (χ3v) is 4.85. The Morgan fingerprint density at radius 3 is 1.86 bits per heavy atom. The fourth-order valence-corrected chi connectivity index (χ4v) is 3.01. The van der Waals surface area contributed by atoms with Gasteiger partial charge in [0.05, 0.1) is 0 Å². The molecule has 0 heterocycles. The van der Waals surface area contributed by atoms with Crippen molar-refractivity contribution in [3.05, 3.63) is 82.0 Å². The van der Waals surface area contributed by atoms with Crippen LogP contribution < -0.4 is 0 Å². The molecule has 0 aromatic heterocycles. The predicted octanol–water partition coefficient (Wildman–Crippen LogP) is 6.64. The van der Waals surface area contributed by atoms with Crippen LogP contribution in [-0.4, -0.2) is 15.3 Å². The lowest BCUT2D eigenvalue weighted by Gasteiger charge is -2.11.